The lowest BCUT2D eigenvalue weighted by Crippen LogP contribution is -2.09. The van der Waals surface area contributed by atoms with Crippen molar-refractivity contribution in [1.82, 2.24) is 0 Å². The van der Waals surface area contributed by atoms with E-state index in [9.17, 15) is 9.59 Å². The van der Waals surface area contributed by atoms with Crippen molar-refractivity contribution in [3.05, 3.63) is 88.4 Å². The Hall–Kier alpha value is -3.84. The van der Waals surface area contributed by atoms with Crippen LogP contribution in [-0.4, -0.2) is 30.4 Å². The van der Waals surface area contributed by atoms with Crippen molar-refractivity contribution in [2.24, 2.45) is 5.10 Å². The first-order chi connectivity index (χ1) is 14.5. The maximum absolute atomic E-state index is 12.3. The lowest BCUT2D eigenvalue weighted by Gasteiger charge is -2.10. The summed E-state index contributed by atoms with van der Waals surface area (Å²) >= 11 is 5.83. The Kier molecular flexibility index (Phi) is 6.67. The summed E-state index contributed by atoms with van der Waals surface area (Å²) < 4.78 is 10.7. The van der Waals surface area contributed by atoms with E-state index in [2.05, 4.69) is 10.5 Å². The average molecular weight is 425 g/mol. The van der Waals surface area contributed by atoms with Crippen LogP contribution in [0.25, 0.3) is 0 Å². The van der Waals surface area contributed by atoms with Crippen LogP contribution < -0.4 is 14.9 Å². The zero-order valence-corrected chi connectivity index (χ0v) is 16.6. The van der Waals surface area contributed by atoms with Gasteiger partial charge in [0.15, 0.2) is 11.5 Å². The van der Waals surface area contributed by atoms with E-state index in [4.69, 9.17) is 26.2 Å². The number of carbonyl (C=O) groups excluding carboxylic acids is 1. The minimum absolute atomic E-state index is 0.193. The molecule has 0 amide bonds. The fourth-order valence-electron chi connectivity index (χ4n) is 2.46. The maximum Gasteiger partial charge on any atom is 0.343 e. The first-order valence-electron chi connectivity index (χ1n) is 8.74. The van der Waals surface area contributed by atoms with Crippen molar-refractivity contribution < 1.29 is 24.2 Å². The summed E-state index contributed by atoms with van der Waals surface area (Å²) in [4.78, 5) is 23.1. The third-order valence-electron chi connectivity index (χ3n) is 4.01. The standard InChI is InChI=1S/C22H17ClN2O5/c1-29-20-12-14(13-24-25-18-9-5-15(6-10-18)21(26)27)2-11-19(20)30-22(28)16-3-7-17(23)8-4-16/h2-13,25H,1H3,(H,26,27)/b24-13+. The molecule has 0 aliphatic heterocycles. The first kappa shape index (κ1) is 20.9. The van der Waals surface area contributed by atoms with E-state index in [1.54, 1.807) is 60.8 Å². The number of rotatable bonds is 7. The Bertz CT molecular complexity index is 1080. The number of hydrazone groups is 1. The summed E-state index contributed by atoms with van der Waals surface area (Å²) in [7, 11) is 1.47. The number of ether oxygens (including phenoxy) is 2. The molecule has 0 aliphatic rings. The number of methoxy groups -OCH3 is 1. The average Bonchev–Trinajstić information content (AvgIpc) is 2.75. The van der Waals surface area contributed by atoms with Crippen molar-refractivity contribution in [3.8, 4) is 11.5 Å². The smallest absolute Gasteiger partial charge is 0.343 e. The Morgan fingerprint density at radius 1 is 0.967 bits per heavy atom. The molecule has 0 bridgehead atoms. The van der Waals surface area contributed by atoms with Crippen molar-refractivity contribution in [3.63, 3.8) is 0 Å². The maximum atomic E-state index is 12.3. The molecule has 0 spiro atoms. The molecule has 152 valence electrons. The highest BCUT2D eigenvalue weighted by Crippen LogP contribution is 2.28. The number of nitrogens with zero attached hydrogens (tertiary/aromatic N) is 1. The second-order valence-corrected chi connectivity index (χ2v) is 6.50. The van der Waals surface area contributed by atoms with E-state index in [0.717, 1.165) is 0 Å². The van der Waals surface area contributed by atoms with Gasteiger partial charge in [0.1, 0.15) is 0 Å². The second-order valence-electron chi connectivity index (χ2n) is 6.06. The molecule has 0 saturated carbocycles. The van der Waals surface area contributed by atoms with Crippen LogP contribution in [0, 0.1) is 0 Å². The highest BCUT2D eigenvalue weighted by Gasteiger charge is 2.12. The van der Waals surface area contributed by atoms with Crippen LogP contribution >= 0.6 is 11.6 Å². The van der Waals surface area contributed by atoms with Gasteiger partial charge in [0.05, 0.1) is 30.1 Å². The molecule has 3 aromatic rings. The number of nitrogens with one attached hydrogen (secondary N) is 1. The van der Waals surface area contributed by atoms with Gasteiger partial charge in [-0.2, -0.15) is 5.10 Å². The van der Waals surface area contributed by atoms with Crippen molar-refractivity contribution in [1.29, 1.82) is 0 Å². The number of hydrogen-bond donors (Lipinski definition) is 2. The van der Waals surface area contributed by atoms with Gasteiger partial charge in [-0.15, -0.1) is 0 Å². The molecule has 3 rings (SSSR count). The first-order valence-corrected chi connectivity index (χ1v) is 9.12. The summed E-state index contributed by atoms with van der Waals surface area (Å²) in [6.45, 7) is 0. The Morgan fingerprint density at radius 2 is 1.63 bits per heavy atom. The van der Waals surface area contributed by atoms with Crippen LogP contribution in [0.2, 0.25) is 5.02 Å². The molecule has 7 nitrogen and oxygen atoms in total. The Labute approximate surface area is 177 Å². The van der Waals surface area contributed by atoms with Crippen LogP contribution in [0.4, 0.5) is 5.69 Å². The van der Waals surface area contributed by atoms with E-state index in [-0.39, 0.29) is 11.3 Å². The Morgan fingerprint density at radius 3 is 2.27 bits per heavy atom. The monoisotopic (exact) mass is 424 g/mol. The number of hydrogen-bond acceptors (Lipinski definition) is 6. The van der Waals surface area contributed by atoms with E-state index in [0.29, 0.717) is 27.6 Å². The van der Waals surface area contributed by atoms with Gasteiger partial charge in [-0.1, -0.05) is 11.6 Å². The minimum atomic E-state index is -0.992. The molecule has 3 aromatic carbocycles. The van der Waals surface area contributed by atoms with E-state index < -0.39 is 11.9 Å². The van der Waals surface area contributed by atoms with Crippen LogP contribution in [0.3, 0.4) is 0 Å². The van der Waals surface area contributed by atoms with Crippen molar-refractivity contribution >= 4 is 35.4 Å². The molecular weight excluding hydrogens is 408 g/mol. The highest BCUT2D eigenvalue weighted by atomic mass is 35.5. The summed E-state index contributed by atoms with van der Waals surface area (Å²) in [6.07, 6.45) is 1.55. The van der Waals surface area contributed by atoms with Gasteiger partial charge in [0.25, 0.3) is 0 Å². The number of aromatic carboxylic acids is 1. The van der Waals surface area contributed by atoms with Gasteiger partial charge >= 0.3 is 11.9 Å². The molecule has 2 N–H and O–H groups in total. The number of carbonyl (C=O) groups is 2. The normalized spacial score (nSPS) is 10.6. The summed E-state index contributed by atoms with van der Waals surface area (Å²) in [5.74, 6) is -0.884. The fourth-order valence-corrected chi connectivity index (χ4v) is 2.59. The molecule has 0 aromatic heterocycles. The molecule has 0 fully saturated rings. The van der Waals surface area contributed by atoms with E-state index >= 15 is 0 Å². The van der Waals surface area contributed by atoms with Gasteiger partial charge in [-0.3, -0.25) is 5.43 Å². The minimum Gasteiger partial charge on any atom is -0.493 e. The molecule has 8 heteroatoms. The number of halogens is 1. The van der Waals surface area contributed by atoms with Crippen LogP contribution in [0.15, 0.2) is 71.8 Å². The molecule has 0 saturated heterocycles. The number of anilines is 1. The third kappa shape index (κ3) is 5.36. The zero-order valence-electron chi connectivity index (χ0n) is 15.8. The predicted octanol–water partition coefficient (Wildman–Crippen LogP) is 4.71. The van der Waals surface area contributed by atoms with Gasteiger partial charge < -0.3 is 14.6 Å². The molecular formula is C22H17ClN2O5. The number of carboxylic acids is 1. The van der Waals surface area contributed by atoms with Gasteiger partial charge in [-0.25, -0.2) is 9.59 Å². The highest BCUT2D eigenvalue weighted by molar-refractivity contribution is 6.30. The quantitative estimate of drug-likeness (QED) is 0.247. The fraction of sp³-hybridized carbons (Fsp3) is 0.0455. The SMILES string of the molecule is COc1cc(/C=N/Nc2ccc(C(=O)O)cc2)ccc1OC(=O)c1ccc(Cl)cc1. The Balaban J connectivity index is 1.67. The molecule has 0 radical (unpaired) electrons. The second kappa shape index (κ2) is 9.58. The third-order valence-corrected chi connectivity index (χ3v) is 4.26. The van der Waals surface area contributed by atoms with Crippen LogP contribution in [0.1, 0.15) is 26.3 Å². The molecule has 0 heterocycles. The summed E-state index contributed by atoms with van der Waals surface area (Å²) in [6, 6.07) is 17.5. The number of carboxylic acid groups (broad SMARTS) is 1. The van der Waals surface area contributed by atoms with Gasteiger partial charge in [0.2, 0.25) is 0 Å². The summed E-state index contributed by atoms with van der Waals surface area (Å²) in [5, 5.41) is 13.5. The van der Waals surface area contributed by atoms with Crippen LogP contribution in [-0.2, 0) is 0 Å². The van der Waals surface area contributed by atoms with E-state index in [1.165, 1.54) is 19.2 Å². The lowest BCUT2D eigenvalue weighted by atomic mass is 10.2. The lowest BCUT2D eigenvalue weighted by molar-refractivity contribution is 0.0694. The predicted molar refractivity (Wildman–Crippen MR) is 114 cm³/mol. The number of esters is 1. The molecule has 30 heavy (non-hydrogen) atoms. The topological polar surface area (TPSA) is 97.2 Å². The summed E-state index contributed by atoms with van der Waals surface area (Å²) in [5.41, 5.74) is 4.71. The molecule has 0 unspecified atom stereocenters. The number of benzene rings is 3. The van der Waals surface area contributed by atoms with Crippen LogP contribution in [0.5, 0.6) is 11.5 Å². The van der Waals surface area contributed by atoms with E-state index in [1.807, 2.05) is 0 Å². The largest absolute Gasteiger partial charge is 0.493 e. The van der Waals surface area contributed by atoms with Crippen molar-refractivity contribution in [2.75, 3.05) is 12.5 Å². The zero-order chi connectivity index (χ0) is 21.5. The van der Waals surface area contributed by atoms with Gasteiger partial charge in [0, 0.05) is 5.02 Å². The van der Waals surface area contributed by atoms with Gasteiger partial charge in [-0.05, 0) is 72.3 Å². The molecule has 0 atom stereocenters. The molecule has 0 aliphatic carbocycles. The van der Waals surface area contributed by atoms with Crippen molar-refractivity contribution in [2.45, 2.75) is 0 Å².